The summed E-state index contributed by atoms with van der Waals surface area (Å²) in [4.78, 5) is 4.25. The SMILES string of the molecule is Cc1c(C=N)nc2ccccn12. The van der Waals surface area contributed by atoms with E-state index in [4.69, 9.17) is 5.41 Å². The summed E-state index contributed by atoms with van der Waals surface area (Å²) in [6.07, 6.45) is 3.23. The van der Waals surface area contributed by atoms with Crippen LogP contribution in [0.1, 0.15) is 11.4 Å². The molecule has 0 aromatic carbocycles. The normalized spacial score (nSPS) is 10.4. The fourth-order valence-corrected chi connectivity index (χ4v) is 1.27. The second-order valence-corrected chi connectivity index (χ2v) is 2.66. The lowest BCUT2D eigenvalue weighted by Crippen LogP contribution is -1.86. The molecule has 3 heteroatoms. The monoisotopic (exact) mass is 159 g/mol. The van der Waals surface area contributed by atoms with Crippen molar-refractivity contribution in [3.8, 4) is 0 Å². The van der Waals surface area contributed by atoms with Crippen LogP contribution in [0.3, 0.4) is 0 Å². The molecule has 0 amide bonds. The molecule has 3 nitrogen and oxygen atoms in total. The smallest absolute Gasteiger partial charge is 0.137 e. The Hall–Kier alpha value is -1.64. The molecule has 2 aromatic rings. The number of pyridine rings is 1. The van der Waals surface area contributed by atoms with Gasteiger partial charge in [-0.3, -0.25) is 0 Å². The molecule has 0 spiro atoms. The molecule has 60 valence electrons. The third-order valence-electron chi connectivity index (χ3n) is 1.94. The van der Waals surface area contributed by atoms with E-state index in [-0.39, 0.29) is 0 Å². The van der Waals surface area contributed by atoms with Crippen LogP contribution in [-0.4, -0.2) is 15.6 Å². The lowest BCUT2D eigenvalue weighted by Gasteiger charge is -1.92. The van der Waals surface area contributed by atoms with Crippen LogP contribution in [0.4, 0.5) is 0 Å². The van der Waals surface area contributed by atoms with E-state index in [1.807, 2.05) is 35.7 Å². The molecule has 0 radical (unpaired) electrons. The number of aryl methyl sites for hydroxylation is 1. The van der Waals surface area contributed by atoms with Crippen molar-refractivity contribution in [2.45, 2.75) is 6.92 Å². The van der Waals surface area contributed by atoms with E-state index >= 15 is 0 Å². The van der Waals surface area contributed by atoms with Gasteiger partial charge in [-0.25, -0.2) is 4.98 Å². The van der Waals surface area contributed by atoms with Gasteiger partial charge in [0.1, 0.15) is 11.3 Å². The molecule has 2 rings (SSSR count). The Morgan fingerprint density at radius 1 is 1.50 bits per heavy atom. The van der Waals surface area contributed by atoms with E-state index in [1.54, 1.807) is 0 Å². The summed E-state index contributed by atoms with van der Waals surface area (Å²) in [5.41, 5.74) is 2.65. The van der Waals surface area contributed by atoms with Crippen LogP contribution in [-0.2, 0) is 0 Å². The zero-order valence-corrected chi connectivity index (χ0v) is 6.78. The number of aromatic nitrogens is 2. The van der Waals surface area contributed by atoms with E-state index in [0.717, 1.165) is 17.0 Å². The summed E-state index contributed by atoms with van der Waals surface area (Å²) in [5, 5.41) is 7.12. The minimum Gasteiger partial charge on any atom is -0.306 e. The molecular formula is C9H9N3. The minimum absolute atomic E-state index is 0.737. The van der Waals surface area contributed by atoms with E-state index < -0.39 is 0 Å². The average Bonchev–Trinajstić information content (AvgIpc) is 2.44. The van der Waals surface area contributed by atoms with Crippen LogP contribution in [0.15, 0.2) is 24.4 Å². The summed E-state index contributed by atoms with van der Waals surface area (Å²) in [6.45, 7) is 1.96. The highest BCUT2D eigenvalue weighted by atomic mass is 15.0. The van der Waals surface area contributed by atoms with Gasteiger partial charge in [-0.2, -0.15) is 0 Å². The Balaban J connectivity index is 2.87. The van der Waals surface area contributed by atoms with Crippen LogP contribution in [0, 0.1) is 12.3 Å². The van der Waals surface area contributed by atoms with Gasteiger partial charge in [-0.05, 0) is 19.1 Å². The Bertz CT molecular complexity index is 428. The molecule has 0 atom stereocenters. The van der Waals surface area contributed by atoms with Gasteiger partial charge in [0.2, 0.25) is 0 Å². The average molecular weight is 159 g/mol. The zero-order chi connectivity index (χ0) is 8.55. The predicted octanol–water partition coefficient (Wildman–Crippen LogP) is 1.64. The molecule has 0 aliphatic heterocycles. The standard InChI is InChI=1S/C9H9N3/c1-7-8(6-10)11-9-4-2-3-5-12(7)9/h2-6,10H,1H3. The lowest BCUT2D eigenvalue weighted by molar-refractivity contribution is 1.11. The molecule has 0 fully saturated rings. The first-order valence-electron chi connectivity index (χ1n) is 3.77. The van der Waals surface area contributed by atoms with Gasteiger partial charge >= 0.3 is 0 Å². The maximum Gasteiger partial charge on any atom is 0.137 e. The fraction of sp³-hybridized carbons (Fsp3) is 0.111. The maximum atomic E-state index is 7.12. The molecule has 2 heterocycles. The first-order chi connectivity index (χ1) is 5.83. The highest BCUT2D eigenvalue weighted by Crippen LogP contribution is 2.08. The van der Waals surface area contributed by atoms with Gasteiger partial charge in [-0.1, -0.05) is 6.07 Å². The number of hydrogen-bond donors (Lipinski definition) is 1. The summed E-state index contributed by atoms with van der Waals surface area (Å²) in [7, 11) is 0. The number of imidazole rings is 1. The van der Waals surface area contributed by atoms with Gasteiger partial charge in [0, 0.05) is 18.1 Å². The highest BCUT2D eigenvalue weighted by Gasteiger charge is 2.03. The molecule has 0 aliphatic carbocycles. The van der Waals surface area contributed by atoms with Crippen molar-refractivity contribution >= 4 is 11.9 Å². The number of hydrogen-bond acceptors (Lipinski definition) is 2. The predicted molar refractivity (Wildman–Crippen MR) is 47.8 cm³/mol. The topological polar surface area (TPSA) is 41.2 Å². The summed E-state index contributed by atoms with van der Waals surface area (Å²) < 4.78 is 1.97. The Kier molecular flexibility index (Phi) is 1.43. The molecule has 1 N–H and O–H groups in total. The van der Waals surface area contributed by atoms with E-state index in [1.165, 1.54) is 6.21 Å². The van der Waals surface area contributed by atoms with E-state index in [9.17, 15) is 0 Å². The van der Waals surface area contributed by atoms with Crippen LogP contribution < -0.4 is 0 Å². The molecule has 0 unspecified atom stereocenters. The zero-order valence-electron chi connectivity index (χ0n) is 6.78. The third kappa shape index (κ3) is 0.830. The van der Waals surface area contributed by atoms with Crippen molar-refractivity contribution < 1.29 is 0 Å². The molecular weight excluding hydrogens is 150 g/mol. The van der Waals surface area contributed by atoms with Crippen molar-refractivity contribution in [2.75, 3.05) is 0 Å². The van der Waals surface area contributed by atoms with Gasteiger partial charge in [-0.15, -0.1) is 0 Å². The Labute approximate surface area is 70.2 Å². The van der Waals surface area contributed by atoms with Crippen LogP contribution in [0.25, 0.3) is 5.65 Å². The summed E-state index contributed by atoms with van der Waals surface area (Å²) >= 11 is 0. The Morgan fingerprint density at radius 2 is 2.33 bits per heavy atom. The number of rotatable bonds is 1. The van der Waals surface area contributed by atoms with Gasteiger partial charge in [0.05, 0.1) is 0 Å². The van der Waals surface area contributed by atoms with Crippen molar-refractivity contribution in [1.29, 1.82) is 5.41 Å². The molecule has 0 saturated heterocycles. The van der Waals surface area contributed by atoms with Gasteiger partial charge in [0.25, 0.3) is 0 Å². The number of nitrogens with one attached hydrogen (secondary N) is 1. The van der Waals surface area contributed by atoms with Crippen LogP contribution >= 0.6 is 0 Å². The second kappa shape index (κ2) is 2.44. The van der Waals surface area contributed by atoms with Crippen molar-refractivity contribution in [3.63, 3.8) is 0 Å². The maximum absolute atomic E-state index is 7.12. The minimum atomic E-state index is 0.737. The van der Waals surface area contributed by atoms with Gasteiger partial charge < -0.3 is 9.81 Å². The summed E-state index contributed by atoms with van der Waals surface area (Å²) in [6, 6.07) is 5.82. The van der Waals surface area contributed by atoms with Gasteiger partial charge in [0.15, 0.2) is 0 Å². The highest BCUT2D eigenvalue weighted by molar-refractivity contribution is 5.77. The summed E-state index contributed by atoms with van der Waals surface area (Å²) in [5.74, 6) is 0. The van der Waals surface area contributed by atoms with E-state index in [0.29, 0.717) is 0 Å². The van der Waals surface area contributed by atoms with Crippen molar-refractivity contribution in [3.05, 3.63) is 35.8 Å². The van der Waals surface area contributed by atoms with Crippen LogP contribution in [0.5, 0.6) is 0 Å². The largest absolute Gasteiger partial charge is 0.306 e. The van der Waals surface area contributed by atoms with Crippen molar-refractivity contribution in [2.24, 2.45) is 0 Å². The first kappa shape index (κ1) is 7.03. The molecule has 2 aromatic heterocycles. The molecule has 12 heavy (non-hydrogen) atoms. The molecule has 0 aliphatic rings. The second-order valence-electron chi connectivity index (χ2n) is 2.66. The van der Waals surface area contributed by atoms with E-state index in [2.05, 4.69) is 4.98 Å². The van der Waals surface area contributed by atoms with Crippen molar-refractivity contribution in [1.82, 2.24) is 9.38 Å². The Morgan fingerprint density at radius 3 is 3.00 bits per heavy atom. The quantitative estimate of drug-likeness (QED) is 0.631. The fourth-order valence-electron chi connectivity index (χ4n) is 1.27. The molecule has 0 bridgehead atoms. The van der Waals surface area contributed by atoms with Crippen LogP contribution in [0.2, 0.25) is 0 Å². The number of fused-ring (bicyclic) bond motifs is 1. The number of nitrogens with zero attached hydrogens (tertiary/aromatic N) is 2. The molecule has 0 saturated carbocycles. The first-order valence-corrected chi connectivity index (χ1v) is 3.77. The lowest BCUT2D eigenvalue weighted by atomic mass is 10.4. The third-order valence-corrected chi connectivity index (χ3v) is 1.94.